The van der Waals surface area contributed by atoms with Crippen LogP contribution in [-0.2, 0) is 18.4 Å². The number of nitrogens with zero attached hydrogens (tertiary/aromatic N) is 1. The van der Waals surface area contributed by atoms with Crippen LogP contribution in [-0.4, -0.2) is 68.5 Å². The molecule has 0 aliphatic rings. The third-order valence-electron chi connectivity index (χ3n) is 8.57. The van der Waals surface area contributed by atoms with Crippen LogP contribution >= 0.6 is 7.82 Å². The fraction of sp³-hybridized carbons (Fsp3) is 0.825. The lowest BCUT2D eigenvalue weighted by atomic mass is 10.1. The second-order valence-electron chi connectivity index (χ2n) is 14.6. The molecule has 1 amide bonds. The molecule has 0 aliphatic heterocycles. The van der Waals surface area contributed by atoms with Crippen LogP contribution < -0.4 is 10.2 Å². The van der Waals surface area contributed by atoms with Gasteiger partial charge in [0.05, 0.1) is 39.9 Å². The Labute approximate surface area is 302 Å². The van der Waals surface area contributed by atoms with Crippen molar-refractivity contribution in [3.63, 3.8) is 0 Å². The molecule has 0 aromatic rings. The maximum atomic E-state index is 12.8. The molecular formula is C40H77N2O6P. The molecule has 0 bridgehead atoms. The van der Waals surface area contributed by atoms with Crippen molar-refractivity contribution in [3.05, 3.63) is 36.5 Å². The van der Waals surface area contributed by atoms with E-state index >= 15 is 0 Å². The summed E-state index contributed by atoms with van der Waals surface area (Å²) < 4.78 is 23.1. The van der Waals surface area contributed by atoms with Crippen molar-refractivity contribution in [1.29, 1.82) is 0 Å². The number of quaternary nitrogens is 1. The Hall–Kier alpha value is -1.28. The first-order valence-corrected chi connectivity index (χ1v) is 21.3. The van der Waals surface area contributed by atoms with E-state index in [1.807, 2.05) is 27.2 Å². The number of hydrogen-bond acceptors (Lipinski definition) is 6. The number of aliphatic hydroxyl groups is 1. The first-order chi connectivity index (χ1) is 23.5. The molecule has 0 fully saturated rings. The summed E-state index contributed by atoms with van der Waals surface area (Å²) in [6.07, 6.45) is 37.6. The summed E-state index contributed by atoms with van der Waals surface area (Å²) in [4.78, 5) is 25.2. The molecular weight excluding hydrogens is 635 g/mol. The SMILES string of the molecule is CCCCCC/C=C\CCCCCCCCCC(=O)NC(COP(=O)([O-])OCC[N+](C)(C)C)C(O)/C=C/CC/C=C/CCCCCCCC. The average molecular weight is 713 g/mol. The number of amides is 1. The molecule has 0 rings (SSSR count). The Kier molecular flexibility index (Phi) is 31.8. The lowest BCUT2D eigenvalue weighted by Crippen LogP contribution is -2.45. The van der Waals surface area contributed by atoms with Crippen LogP contribution in [0.3, 0.4) is 0 Å². The van der Waals surface area contributed by atoms with Gasteiger partial charge >= 0.3 is 0 Å². The lowest BCUT2D eigenvalue weighted by Gasteiger charge is -2.29. The molecule has 0 aliphatic carbocycles. The molecule has 3 unspecified atom stereocenters. The highest BCUT2D eigenvalue weighted by Gasteiger charge is 2.23. The molecule has 288 valence electrons. The molecule has 0 aromatic carbocycles. The molecule has 0 saturated carbocycles. The number of unbranched alkanes of at least 4 members (excludes halogenated alkanes) is 18. The highest BCUT2D eigenvalue weighted by Crippen LogP contribution is 2.38. The van der Waals surface area contributed by atoms with Crippen LogP contribution in [0.1, 0.15) is 162 Å². The monoisotopic (exact) mass is 713 g/mol. The van der Waals surface area contributed by atoms with E-state index in [0.717, 1.165) is 38.5 Å². The predicted octanol–water partition coefficient (Wildman–Crippen LogP) is 9.72. The number of rotatable bonds is 35. The molecule has 0 aromatic heterocycles. The van der Waals surface area contributed by atoms with E-state index in [4.69, 9.17) is 9.05 Å². The molecule has 0 radical (unpaired) electrons. The van der Waals surface area contributed by atoms with Crippen molar-refractivity contribution in [2.24, 2.45) is 0 Å². The van der Waals surface area contributed by atoms with Gasteiger partial charge in [0.15, 0.2) is 0 Å². The number of carbonyl (C=O) groups excluding carboxylic acids is 1. The van der Waals surface area contributed by atoms with Gasteiger partial charge in [-0.2, -0.15) is 0 Å². The quantitative estimate of drug-likeness (QED) is 0.0293. The van der Waals surface area contributed by atoms with Crippen molar-refractivity contribution in [2.75, 3.05) is 40.9 Å². The summed E-state index contributed by atoms with van der Waals surface area (Å²) in [5.41, 5.74) is 0. The first-order valence-electron chi connectivity index (χ1n) is 19.9. The predicted molar refractivity (Wildman–Crippen MR) is 205 cm³/mol. The zero-order valence-corrected chi connectivity index (χ0v) is 33.3. The third kappa shape index (κ3) is 34.9. The van der Waals surface area contributed by atoms with Crippen LogP contribution in [0.15, 0.2) is 36.5 Å². The van der Waals surface area contributed by atoms with Gasteiger partial charge in [-0.3, -0.25) is 9.36 Å². The summed E-state index contributed by atoms with van der Waals surface area (Å²) >= 11 is 0. The Morgan fingerprint density at radius 3 is 1.67 bits per heavy atom. The average Bonchev–Trinajstić information content (AvgIpc) is 3.04. The Morgan fingerprint density at radius 1 is 0.694 bits per heavy atom. The number of phosphoric ester groups is 1. The first kappa shape index (κ1) is 47.7. The summed E-state index contributed by atoms with van der Waals surface area (Å²) in [6, 6.07) is -0.901. The van der Waals surface area contributed by atoms with Crippen LogP contribution in [0.5, 0.6) is 0 Å². The van der Waals surface area contributed by atoms with Gasteiger partial charge in [0.25, 0.3) is 7.82 Å². The van der Waals surface area contributed by atoms with Crippen molar-refractivity contribution < 1.29 is 32.9 Å². The number of likely N-dealkylation sites (N-methyl/N-ethyl adjacent to an activating group) is 1. The normalized spacial score (nSPS) is 15.0. The fourth-order valence-corrected chi connectivity index (χ4v) is 6.06. The summed E-state index contributed by atoms with van der Waals surface area (Å²) in [7, 11) is 1.23. The minimum Gasteiger partial charge on any atom is -0.756 e. The highest BCUT2D eigenvalue weighted by atomic mass is 31.2. The standard InChI is InChI=1S/C40H77N2O6P/c1-6-8-10-12-14-16-18-20-21-22-24-26-28-30-32-34-40(44)41-38(37-48-49(45,46)47-36-35-42(3,4)5)39(43)33-31-29-27-25-23-19-17-15-13-11-9-7-2/h16,18,23,25,31,33,38-39,43H,6-15,17,19-22,24,26-30,32,34-37H2,1-5H3,(H-,41,44,45,46)/b18-16-,25-23+,33-31+. The minimum absolute atomic E-state index is 0.00756. The van der Waals surface area contributed by atoms with Crippen LogP contribution in [0.4, 0.5) is 0 Å². The molecule has 3 atom stereocenters. The number of aliphatic hydroxyl groups excluding tert-OH is 1. The van der Waals surface area contributed by atoms with E-state index in [1.54, 1.807) is 6.08 Å². The number of nitrogens with one attached hydrogen (secondary N) is 1. The Balaban J connectivity index is 4.55. The van der Waals surface area contributed by atoms with Gasteiger partial charge in [0.2, 0.25) is 5.91 Å². The summed E-state index contributed by atoms with van der Waals surface area (Å²) in [5, 5.41) is 13.7. The lowest BCUT2D eigenvalue weighted by molar-refractivity contribution is -0.870. The van der Waals surface area contributed by atoms with E-state index in [9.17, 15) is 19.4 Å². The summed E-state index contributed by atoms with van der Waals surface area (Å²) in [6.45, 7) is 4.57. The third-order valence-corrected chi connectivity index (χ3v) is 9.54. The largest absolute Gasteiger partial charge is 0.756 e. The number of allylic oxidation sites excluding steroid dienone is 5. The minimum atomic E-state index is -4.59. The van der Waals surface area contributed by atoms with Crippen molar-refractivity contribution in [2.45, 2.75) is 174 Å². The molecule has 8 nitrogen and oxygen atoms in total. The van der Waals surface area contributed by atoms with Gasteiger partial charge < -0.3 is 28.8 Å². The fourth-order valence-electron chi connectivity index (χ4n) is 5.34. The van der Waals surface area contributed by atoms with E-state index < -0.39 is 26.6 Å². The van der Waals surface area contributed by atoms with Crippen LogP contribution in [0, 0.1) is 0 Å². The Morgan fingerprint density at radius 2 is 1.14 bits per heavy atom. The summed E-state index contributed by atoms with van der Waals surface area (Å²) in [5.74, 6) is -0.216. The maximum Gasteiger partial charge on any atom is 0.268 e. The number of carbonyl (C=O) groups is 1. The molecule has 0 heterocycles. The van der Waals surface area contributed by atoms with Crippen LogP contribution in [0.25, 0.3) is 0 Å². The molecule has 9 heteroatoms. The highest BCUT2D eigenvalue weighted by molar-refractivity contribution is 7.45. The zero-order valence-electron chi connectivity index (χ0n) is 32.4. The number of phosphoric acid groups is 1. The van der Waals surface area contributed by atoms with Gasteiger partial charge in [-0.1, -0.05) is 134 Å². The second kappa shape index (κ2) is 32.6. The molecule has 49 heavy (non-hydrogen) atoms. The number of hydrogen-bond donors (Lipinski definition) is 2. The van der Waals surface area contributed by atoms with Crippen molar-refractivity contribution >= 4 is 13.7 Å². The van der Waals surface area contributed by atoms with Gasteiger partial charge in [-0.15, -0.1) is 0 Å². The van der Waals surface area contributed by atoms with E-state index in [2.05, 4.69) is 43.5 Å². The van der Waals surface area contributed by atoms with Gasteiger partial charge in [-0.25, -0.2) is 0 Å². The smallest absolute Gasteiger partial charge is 0.268 e. The van der Waals surface area contributed by atoms with Crippen LogP contribution in [0.2, 0.25) is 0 Å². The van der Waals surface area contributed by atoms with Crippen molar-refractivity contribution in [1.82, 2.24) is 5.32 Å². The van der Waals surface area contributed by atoms with E-state index in [0.29, 0.717) is 17.4 Å². The molecule has 2 N–H and O–H groups in total. The Bertz CT molecular complexity index is 902. The maximum absolute atomic E-state index is 12.8. The van der Waals surface area contributed by atoms with E-state index in [-0.39, 0.29) is 12.5 Å². The van der Waals surface area contributed by atoms with Gasteiger partial charge in [0, 0.05) is 6.42 Å². The zero-order chi connectivity index (χ0) is 36.5. The second-order valence-corrected chi connectivity index (χ2v) is 16.0. The van der Waals surface area contributed by atoms with Crippen molar-refractivity contribution in [3.8, 4) is 0 Å². The van der Waals surface area contributed by atoms with E-state index in [1.165, 1.54) is 103 Å². The van der Waals surface area contributed by atoms with Gasteiger partial charge in [-0.05, 0) is 57.8 Å². The molecule has 0 spiro atoms. The topological polar surface area (TPSA) is 108 Å². The molecule has 0 saturated heterocycles. The van der Waals surface area contributed by atoms with Gasteiger partial charge in [0.1, 0.15) is 13.2 Å².